The highest BCUT2D eigenvalue weighted by Gasteiger charge is 2.31. The number of rotatable bonds is 3. The molecule has 10 heteroatoms. The first-order valence-corrected chi connectivity index (χ1v) is 10.8. The van der Waals surface area contributed by atoms with E-state index in [0.717, 1.165) is 17.6 Å². The van der Waals surface area contributed by atoms with Crippen molar-refractivity contribution in [3.05, 3.63) is 24.0 Å². The second-order valence-electron chi connectivity index (χ2n) is 5.93. The van der Waals surface area contributed by atoms with Gasteiger partial charge in [0.1, 0.15) is 5.82 Å². The minimum Gasteiger partial charge on any atom is -0.331 e. The van der Waals surface area contributed by atoms with Gasteiger partial charge in [-0.2, -0.15) is 8.61 Å². The van der Waals surface area contributed by atoms with Gasteiger partial charge < -0.3 is 4.57 Å². The summed E-state index contributed by atoms with van der Waals surface area (Å²) in [7, 11) is -5.08. The third-order valence-electron chi connectivity index (χ3n) is 4.38. The summed E-state index contributed by atoms with van der Waals surface area (Å²) >= 11 is 0. The molecule has 24 heavy (non-hydrogen) atoms. The molecule has 3 rings (SSSR count). The molecular weight excluding hydrogens is 352 g/mol. The van der Waals surface area contributed by atoms with E-state index >= 15 is 0 Å². The molecule has 2 heterocycles. The van der Waals surface area contributed by atoms with E-state index in [4.69, 9.17) is 0 Å². The number of aromatic nitrogens is 2. The fourth-order valence-corrected chi connectivity index (χ4v) is 5.12. The van der Waals surface area contributed by atoms with Crippen molar-refractivity contribution >= 4 is 31.1 Å². The van der Waals surface area contributed by atoms with Gasteiger partial charge in [0.15, 0.2) is 0 Å². The normalized spacial score (nSPS) is 18.3. The third-order valence-corrected chi connectivity index (χ3v) is 7.58. The molecular formula is C14H20N4O4S2. The van der Waals surface area contributed by atoms with E-state index in [1.54, 1.807) is 18.2 Å². The third kappa shape index (κ3) is 2.94. The number of imidazole rings is 1. The SMILES string of the molecule is Cc1nc2cc(S(=O)(=O)N3CCN(S(C)(=O)=O)CC3)ccc2n1C. The van der Waals surface area contributed by atoms with E-state index in [9.17, 15) is 16.8 Å². The van der Waals surface area contributed by atoms with Crippen molar-refractivity contribution in [1.29, 1.82) is 0 Å². The highest BCUT2D eigenvalue weighted by molar-refractivity contribution is 7.89. The summed E-state index contributed by atoms with van der Waals surface area (Å²) in [5.41, 5.74) is 1.50. The summed E-state index contributed by atoms with van der Waals surface area (Å²) in [6.07, 6.45) is 1.13. The van der Waals surface area contributed by atoms with Gasteiger partial charge >= 0.3 is 0 Å². The molecule has 0 aliphatic carbocycles. The Hall–Kier alpha value is -1.49. The van der Waals surface area contributed by atoms with Gasteiger partial charge in [-0.1, -0.05) is 0 Å². The zero-order valence-corrected chi connectivity index (χ0v) is 15.4. The fourth-order valence-electron chi connectivity index (χ4n) is 2.85. The first-order valence-electron chi connectivity index (χ1n) is 7.49. The topological polar surface area (TPSA) is 92.6 Å². The highest BCUT2D eigenvalue weighted by atomic mass is 32.2. The lowest BCUT2D eigenvalue weighted by Crippen LogP contribution is -2.50. The first kappa shape index (κ1) is 17.3. The van der Waals surface area contributed by atoms with Crippen molar-refractivity contribution in [1.82, 2.24) is 18.2 Å². The minimum absolute atomic E-state index is 0.148. The van der Waals surface area contributed by atoms with Crippen LogP contribution in [0.1, 0.15) is 5.82 Å². The van der Waals surface area contributed by atoms with Crippen LogP contribution in [-0.4, -0.2) is 67.4 Å². The Labute approximate surface area is 141 Å². The van der Waals surface area contributed by atoms with E-state index in [0.29, 0.717) is 5.52 Å². The van der Waals surface area contributed by atoms with Gasteiger partial charge in [0.05, 0.1) is 22.2 Å². The van der Waals surface area contributed by atoms with Crippen LogP contribution in [0.25, 0.3) is 11.0 Å². The Kier molecular flexibility index (Phi) is 4.19. The number of nitrogens with zero attached hydrogens (tertiary/aromatic N) is 4. The number of piperazine rings is 1. The van der Waals surface area contributed by atoms with Gasteiger partial charge in [0.2, 0.25) is 20.0 Å². The molecule has 1 fully saturated rings. The van der Waals surface area contributed by atoms with Crippen LogP contribution in [0, 0.1) is 6.92 Å². The molecule has 0 spiro atoms. The lowest BCUT2D eigenvalue weighted by molar-refractivity contribution is 0.274. The standard InChI is InChI=1S/C14H20N4O4S2/c1-11-15-13-10-12(4-5-14(13)16(11)2)24(21,22)18-8-6-17(7-9-18)23(3,19)20/h4-5,10H,6-9H2,1-3H3. The second kappa shape index (κ2) is 5.80. The van der Waals surface area contributed by atoms with E-state index < -0.39 is 20.0 Å². The zero-order chi connectivity index (χ0) is 17.7. The molecule has 8 nitrogen and oxygen atoms in total. The van der Waals surface area contributed by atoms with Crippen LogP contribution in [-0.2, 0) is 27.1 Å². The van der Waals surface area contributed by atoms with Gasteiger partial charge in [0.25, 0.3) is 0 Å². The summed E-state index contributed by atoms with van der Waals surface area (Å²) in [4.78, 5) is 4.55. The minimum atomic E-state index is -3.66. The predicted molar refractivity (Wildman–Crippen MR) is 90.6 cm³/mol. The Bertz CT molecular complexity index is 987. The molecule has 0 saturated carbocycles. The smallest absolute Gasteiger partial charge is 0.243 e. The Morgan fingerprint density at radius 3 is 2.17 bits per heavy atom. The van der Waals surface area contributed by atoms with Gasteiger partial charge in [-0.15, -0.1) is 0 Å². The number of hydrogen-bond acceptors (Lipinski definition) is 5. The molecule has 0 radical (unpaired) electrons. The van der Waals surface area contributed by atoms with Crippen LogP contribution in [0.2, 0.25) is 0 Å². The van der Waals surface area contributed by atoms with Crippen LogP contribution in [0.5, 0.6) is 0 Å². The number of fused-ring (bicyclic) bond motifs is 1. The number of aryl methyl sites for hydroxylation is 2. The van der Waals surface area contributed by atoms with E-state index in [1.165, 1.54) is 8.61 Å². The number of sulfonamides is 2. The average molecular weight is 372 g/mol. The average Bonchev–Trinajstić information content (AvgIpc) is 2.81. The highest BCUT2D eigenvalue weighted by Crippen LogP contribution is 2.23. The Morgan fingerprint density at radius 1 is 1.00 bits per heavy atom. The summed E-state index contributed by atoms with van der Waals surface area (Å²) in [5, 5.41) is 0. The number of hydrogen-bond donors (Lipinski definition) is 0. The van der Waals surface area contributed by atoms with E-state index in [1.807, 2.05) is 18.5 Å². The van der Waals surface area contributed by atoms with Gasteiger partial charge in [-0.3, -0.25) is 0 Å². The van der Waals surface area contributed by atoms with Crippen LogP contribution in [0.4, 0.5) is 0 Å². The van der Waals surface area contributed by atoms with Crippen LogP contribution < -0.4 is 0 Å². The van der Waals surface area contributed by atoms with Crippen molar-refractivity contribution in [3.63, 3.8) is 0 Å². The summed E-state index contributed by atoms with van der Waals surface area (Å²) in [6.45, 7) is 2.49. The zero-order valence-electron chi connectivity index (χ0n) is 13.8. The number of benzene rings is 1. The molecule has 1 aromatic carbocycles. The Morgan fingerprint density at radius 2 is 1.58 bits per heavy atom. The molecule has 0 atom stereocenters. The van der Waals surface area contributed by atoms with Crippen LogP contribution in [0.3, 0.4) is 0 Å². The summed E-state index contributed by atoms with van der Waals surface area (Å²) in [5.74, 6) is 0.807. The van der Waals surface area contributed by atoms with Crippen molar-refractivity contribution in [2.45, 2.75) is 11.8 Å². The summed E-state index contributed by atoms with van der Waals surface area (Å²) < 4.78 is 53.2. The van der Waals surface area contributed by atoms with Crippen LogP contribution in [0.15, 0.2) is 23.1 Å². The monoisotopic (exact) mass is 372 g/mol. The molecule has 0 bridgehead atoms. The molecule has 132 valence electrons. The molecule has 1 aliphatic rings. The van der Waals surface area contributed by atoms with Crippen LogP contribution >= 0.6 is 0 Å². The molecule has 1 aliphatic heterocycles. The van der Waals surface area contributed by atoms with Gasteiger partial charge in [-0.05, 0) is 25.1 Å². The molecule has 0 unspecified atom stereocenters. The lowest BCUT2D eigenvalue weighted by Gasteiger charge is -2.32. The largest absolute Gasteiger partial charge is 0.331 e. The van der Waals surface area contributed by atoms with E-state index in [2.05, 4.69) is 4.98 Å². The van der Waals surface area contributed by atoms with Crippen molar-refractivity contribution < 1.29 is 16.8 Å². The predicted octanol–water partition coefficient (Wildman–Crippen LogP) is 0.148. The van der Waals surface area contributed by atoms with Crippen molar-refractivity contribution in [2.24, 2.45) is 7.05 Å². The molecule has 0 amide bonds. The van der Waals surface area contributed by atoms with Gasteiger partial charge in [0, 0.05) is 33.2 Å². The maximum absolute atomic E-state index is 12.8. The van der Waals surface area contributed by atoms with Crippen molar-refractivity contribution in [2.75, 3.05) is 32.4 Å². The lowest BCUT2D eigenvalue weighted by atomic mass is 10.3. The Balaban J connectivity index is 1.89. The molecule has 2 aromatic rings. The summed E-state index contributed by atoms with van der Waals surface area (Å²) in [6, 6.07) is 4.89. The first-order chi connectivity index (χ1) is 11.1. The molecule has 1 saturated heterocycles. The fraction of sp³-hybridized carbons (Fsp3) is 0.500. The van der Waals surface area contributed by atoms with Crippen molar-refractivity contribution in [3.8, 4) is 0 Å². The second-order valence-corrected chi connectivity index (χ2v) is 9.86. The molecule has 1 aromatic heterocycles. The van der Waals surface area contributed by atoms with E-state index in [-0.39, 0.29) is 31.1 Å². The maximum Gasteiger partial charge on any atom is 0.243 e. The maximum atomic E-state index is 12.8. The molecule has 0 N–H and O–H groups in total. The van der Waals surface area contributed by atoms with Gasteiger partial charge in [-0.25, -0.2) is 21.8 Å². The quantitative estimate of drug-likeness (QED) is 0.765.